The van der Waals surface area contributed by atoms with Gasteiger partial charge in [-0.05, 0) is 49.8 Å². The molecule has 0 N–H and O–H groups in total. The summed E-state index contributed by atoms with van der Waals surface area (Å²) < 4.78 is 27.4. The second-order valence-corrected chi connectivity index (χ2v) is 7.05. The van der Waals surface area contributed by atoms with Crippen molar-refractivity contribution in [3.8, 4) is 0 Å². The molecule has 2 amide bonds. The van der Waals surface area contributed by atoms with Crippen molar-refractivity contribution in [3.63, 3.8) is 0 Å². The molecule has 2 heterocycles. The lowest BCUT2D eigenvalue weighted by Crippen LogP contribution is -2.46. The molecule has 3 rings (SSSR count). The predicted octanol–water partition coefficient (Wildman–Crippen LogP) is 2.92. The summed E-state index contributed by atoms with van der Waals surface area (Å²) >= 11 is 0. The Labute approximate surface area is 152 Å². The molecule has 2 aliphatic heterocycles. The number of hydrogen-bond acceptors (Lipinski definition) is 2. The first-order chi connectivity index (χ1) is 12.5. The second kappa shape index (κ2) is 7.98. The lowest BCUT2D eigenvalue weighted by molar-refractivity contribution is -0.140. The van der Waals surface area contributed by atoms with Gasteiger partial charge in [0.1, 0.15) is 0 Å². The van der Waals surface area contributed by atoms with Gasteiger partial charge >= 0.3 is 0 Å². The van der Waals surface area contributed by atoms with Crippen LogP contribution in [0.5, 0.6) is 0 Å². The standard InChI is InChI=1S/C20H24F2N2O2/c1-2-18(25)23-11-8-14(9-12-23)20(26)24-10-4-6-16(24)13-15-5-3-7-17(21)19(15)22/h2-3,5,7,14,16H,1,4,6,8-13H2. The summed E-state index contributed by atoms with van der Waals surface area (Å²) in [7, 11) is 0. The van der Waals surface area contributed by atoms with Crippen LogP contribution in [0, 0.1) is 17.6 Å². The zero-order valence-corrected chi connectivity index (χ0v) is 14.8. The minimum absolute atomic E-state index is 0.0787. The van der Waals surface area contributed by atoms with Crippen molar-refractivity contribution in [1.82, 2.24) is 9.80 Å². The quantitative estimate of drug-likeness (QED) is 0.773. The monoisotopic (exact) mass is 362 g/mol. The predicted molar refractivity (Wildman–Crippen MR) is 94.3 cm³/mol. The van der Waals surface area contributed by atoms with Gasteiger partial charge in [0.05, 0.1) is 0 Å². The number of hydrogen-bond donors (Lipinski definition) is 0. The average Bonchev–Trinajstić information content (AvgIpc) is 3.12. The number of benzene rings is 1. The number of rotatable bonds is 4. The van der Waals surface area contributed by atoms with E-state index in [-0.39, 0.29) is 23.8 Å². The van der Waals surface area contributed by atoms with E-state index in [1.165, 1.54) is 12.1 Å². The van der Waals surface area contributed by atoms with E-state index in [2.05, 4.69) is 6.58 Å². The van der Waals surface area contributed by atoms with E-state index in [0.29, 0.717) is 44.5 Å². The average molecular weight is 362 g/mol. The van der Waals surface area contributed by atoms with Crippen LogP contribution in [0.4, 0.5) is 8.78 Å². The summed E-state index contributed by atoms with van der Waals surface area (Å²) in [5.41, 5.74) is 0.320. The van der Waals surface area contributed by atoms with Crippen LogP contribution < -0.4 is 0 Å². The van der Waals surface area contributed by atoms with Gasteiger partial charge in [-0.3, -0.25) is 9.59 Å². The summed E-state index contributed by atoms with van der Waals surface area (Å²) in [6.45, 7) is 5.26. The van der Waals surface area contributed by atoms with Gasteiger partial charge in [0.25, 0.3) is 0 Å². The third kappa shape index (κ3) is 3.79. The van der Waals surface area contributed by atoms with Crippen molar-refractivity contribution >= 4 is 11.8 Å². The molecule has 0 aromatic heterocycles. The minimum atomic E-state index is -0.849. The van der Waals surface area contributed by atoms with Crippen molar-refractivity contribution in [2.75, 3.05) is 19.6 Å². The molecule has 0 bridgehead atoms. The number of amides is 2. The van der Waals surface area contributed by atoms with Crippen LogP contribution in [-0.4, -0.2) is 47.3 Å². The molecule has 1 unspecified atom stereocenters. The molecule has 1 aromatic rings. The summed E-state index contributed by atoms with van der Waals surface area (Å²) in [5, 5.41) is 0. The summed E-state index contributed by atoms with van der Waals surface area (Å²) in [4.78, 5) is 28.1. The fourth-order valence-corrected chi connectivity index (χ4v) is 4.01. The molecule has 2 aliphatic rings. The number of carbonyl (C=O) groups is 2. The highest BCUT2D eigenvalue weighted by atomic mass is 19.2. The van der Waals surface area contributed by atoms with E-state index in [1.807, 2.05) is 4.90 Å². The molecule has 1 atom stereocenters. The van der Waals surface area contributed by atoms with Crippen molar-refractivity contribution < 1.29 is 18.4 Å². The maximum atomic E-state index is 14.0. The maximum Gasteiger partial charge on any atom is 0.245 e. The molecule has 0 aliphatic carbocycles. The van der Waals surface area contributed by atoms with Gasteiger partial charge in [0, 0.05) is 31.6 Å². The Morgan fingerprint density at radius 3 is 2.58 bits per heavy atom. The SMILES string of the molecule is C=CC(=O)N1CCC(C(=O)N2CCCC2Cc2cccc(F)c2F)CC1. The Kier molecular flexibility index (Phi) is 5.69. The zero-order chi connectivity index (χ0) is 18.7. The van der Waals surface area contributed by atoms with Crippen LogP contribution in [0.25, 0.3) is 0 Å². The molecule has 26 heavy (non-hydrogen) atoms. The lowest BCUT2D eigenvalue weighted by atomic mass is 9.94. The molecule has 0 radical (unpaired) electrons. The smallest absolute Gasteiger partial charge is 0.245 e. The summed E-state index contributed by atoms with van der Waals surface area (Å²) in [6.07, 6.45) is 4.58. The van der Waals surface area contributed by atoms with Crippen molar-refractivity contribution in [2.45, 2.75) is 38.1 Å². The van der Waals surface area contributed by atoms with E-state index >= 15 is 0 Å². The number of nitrogens with zero attached hydrogens (tertiary/aromatic N) is 2. The van der Waals surface area contributed by atoms with Crippen LogP contribution in [-0.2, 0) is 16.0 Å². The van der Waals surface area contributed by atoms with E-state index in [9.17, 15) is 18.4 Å². The van der Waals surface area contributed by atoms with Gasteiger partial charge in [0.15, 0.2) is 11.6 Å². The topological polar surface area (TPSA) is 40.6 Å². The number of halogens is 2. The van der Waals surface area contributed by atoms with E-state index in [0.717, 1.165) is 18.9 Å². The van der Waals surface area contributed by atoms with Gasteiger partial charge in [0.2, 0.25) is 11.8 Å². The fraction of sp³-hybridized carbons (Fsp3) is 0.500. The Bertz CT molecular complexity index is 699. The summed E-state index contributed by atoms with van der Waals surface area (Å²) in [5.74, 6) is -1.80. The van der Waals surface area contributed by atoms with Gasteiger partial charge in [-0.25, -0.2) is 8.78 Å². The van der Waals surface area contributed by atoms with Crippen LogP contribution in [0.3, 0.4) is 0 Å². The molecule has 1 aromatic carbocycles. The number of carbonyl (C=O) groups excluding carboxylic acids is 2. The number of piperidine rings is 1. The van der Waals surface area contributed by atoms with Crippen molar-refractivity contribution in [3.05, 3.63) is 48.1 Å². The van der Waals surface area contributed by atoms with Gasteiger partial charge < -0.3 is 9.80 Å². The highest BCUT2D eigenvalue weighted by molar-refractivity contribution is 5.87. The van der Waals surface area contributed by atoms with Crippen LogP contribution in [0.1, 0.15) is 31.2 Å². The Hall–Kier alpha value is -2.24. The van der Waals surface area contributed by atoms with Crippen LogP contribution >= 0.6 is 0 Å². The highest BCUT2D eigenvalue weighted by Crippen LogP contribution is 2.28. The van der Waals surface area contributed by atoms with Gasteiger partial charge in [-0.15, -0.1) is 0 Å². The Morgan fingerprint density at radius 2 is 1.88 bits per heavy atom. The van der Waals surface area contributed by atoms with E-state index < -0.39 is 11.6 Å². The molecular formula is C20H24F2N2O2. The van der Waals surface area contributed by atoms with E-state index in [4.69, 9.17) is 0 Å². The van der Waals surface area contributed by atoms with Gasteiger partial charge in [-0.1, -0.05) is 18.7 Å². The lowest BCUT2D eigenvalue weighted by Gasteiger charge is -2.34. The third-order valence-corrected chi connectivity index (χ3v) is 5.48. The highest BCUT2D eigenvalue weighted by Gasteiger charge is 2.35. The molecule has 4 nitrogen and oxygen atoms in total. The first-order valence-corrected chi connectivity index (χ1v) is 9.16. The number of likely N-dealkylation sites (tertiary alicyclic amines) is 2. The molecule has 2 saturated heterocycles. The van der Waals surface area contributed by atoms with E-state index in [1.54, 1.807) is 11.0 Å². The Balaban J connectivity index is 1.63. The normalized spacial score (nSPS) is 21.1. The molecule has 0 spiro atoms. The van der Waals surface area contributed by atoms with Crippen molar-refractivity contribution in [2.24, 2.45) is 5.92 Å². The molecule has 2 fully saturated rings. The van der Waals surface area contributed by atoms with Crippen LogP contribution in [0.15, 0.2) is 30.9 Å². The third-order valence-electron chi connectivity index (χ3n) is 5.48. The first kappa shape index (κ1) is 18.5. The van der Waals surface area contributed by atoms with Crippen molar-refractivity contribution in [1.29, 1.82) is 0 Å². The molecule has 6 heteroatoms. The van der Waals surface area contributed by atoms with Crippen LogP contribution in [0.2, 0.25) is 0 Å². The minimum Gasteiger partial charge on any atom is -0.339 e. The maximum absolute atomic E-state index is 14.0. The molecular weight excluding hydrogens is 338 g/mol. The summed E-state index contributed by atoms with van der Waals surface area (Å²) in [6, 6.07) is 4.10. The largest absolute Gasteiger partial charge is 0.339 e. The second-order valence-electron chi connectivity index (χ2n) is 7.05. The Morgan fingerprint density at radius 1 is 1.15 bits per heavy atom. The van der Waals surface area contributed by atoms with Gasteiger partial charge in [-0.2, -0.15) is 0 Å². The fourth-order valence-electron chi connectivity index (χ4n) is 4.01. The molecule has 0 saturated carbocycles. The molecule has 140 valence electrons. The first-order valence-electron chi connectivity index (χ1n) is 9.16. The zero-order valence-electron chi connectivity index (χ0n) is 14.8.